The number of hydrogen-bond acceptors (Lipinski definition) is 6. The van der Waals surface area contributed by atoms with Gasteiger partial charge in [-0.25, -0.2) is 12.7 Å². The number of carbonyl (C=O) groups is 1. The molecule has 2 rings (SSSR count). The molecule has 0 fully saturated rings. The molecule has 0 heterocycles. The van der Waals surface area contributed by atoms with Gasteiger partial charge in [0, 0.05) is 30.9 Å². The van der Waals surface area contributed by atoms with E-state index in [-0.39, 0.29) is 26.9 Å². The molecule has 2 aromatic rings. The molecule has 2 aromatic carbocycles. The van der Waals surface area contributed by atoms with E-state index in [1.807, 2.05) is 0 Å². The molecule has 27 heavy (non-hydrogen) atoms. The highest BCUT2D eigenvalue weighted by atomic mass is 35.5. The van der Waals surface area contributed by atoms with E-state index in [0.29, 0.717) is 0 Å². The van der Waals surface area contributed by atoms with E-state index in [1.54, 1.807) is 0 Å². The Morgan fingerprint density at radius 3 is 2.44 bits per heavy atom. The zero-order valence-electron chi connectivity index (χ0n) is 14.6. The zero-order chi connectivity index (χ0) is 20.4. The number of carbonyl (C=O) groups excluding carboxylic acids is 1. The Morgan fingerprint density at radius 2 is 1.89 bits per heavy atom. The largest absolute Gasteiger partial charge is 0.495 e. The summed E-state index contributed by atoms with van der Waals surface area (Å²) >= 11 is 5.74. The summed E-state index contributed by atoms with van der Waals surface area (Å²) in [4.78, 5) is 22.7. The fourth-order valence-electron chi connectivity index (χ4n) is 2.20. The molecule has 0 bridgehead atoms. The molecule has 1 N–H and O–H groups in total. The lowest BCUT2D eigenvalue weighted by Gasteiger charge is -2.16. The second-order valence-electron chi connectivity index (χ2n) is 5.53. The molecule has 0 radical (unpaired) electrons. The van der Waals surface area contributed by atoms with Crippen molar-refractivity contribution in [3.63, 3.8) is 0 Å². The smallest absolute Gasteiger partial charge is 0.283 e. The average Bonchev–Trinajstić information content (AvgIpc) is 2.61. The third-order valence-corrected chi connectivity index (χ3v) is 5.65. The van der Waals surface area contributed by atoms with Gasteiger partial charge >= 0.3 is 0 Å². The molecule has 11 heteroatoms. The fraction of sp³-hybridized carbons (Fsp3) is 0.188. The van der Waals surface area contributed by atoms with Gasteiger partial charge in [0.2, 0.25) is 10.0 Å². The number of nitrogens with one attached hydrogen (secondary N) is 1. The SMILES string of the molecule is COc1ccc(NC(=O)c2ccc(Cl)cc2[N+](=O)[O-])cc1S(=O)(=O)N(C)C. The Labute approximate surface area is 160 Å². The van der Waals surface area contributed by atoms with Gasteiger partial charge in [-0.2, -0.15) is 0 Å². The van der Waals surface area contributed by atoms with Crippen molar-refractivity contribution in [3.05, 3.63) is 57.1 Å². The molecule has 0 aromatic heterocycles. The molecule has 9 nitrogen and oxygen atoms in total. The number of nitro benzene ring substituents is 1. The summed E-state index contributed by atoms with van der Waals surface area (Å²) in [6, 6.07) is 7.64. The van der Waals surface area contributed by atoms with Crippen molar-refractivity contribution in [2.75, 3.05) is 26.5 Å². The molecule has 0 aliphatic rings. The first-order valence-corrected chi connectivity index (χ1v) is 9.25. The normalized spacial score (nSPS) is 11.3. The maximum absolute atomic E-state index is 12.5. The highest BCUT2D eigenvalue weighted by Crippen LogP contribution is 2.30. The van der Waals surface area contributed by atoms with Crippen molar-refractivity contribution in [2.24, 2.45) is 0 Å². The summed E-state index contributed by atoms with van der Waals surface area (Å²) in [6.45, 7) is 0. The van der Waals surface area contributed by atoms with E-state index in [2.05, 4.69) is 5.32 Å². The van der Waals surface area contributed by atoms with Crippen molar-refractivity contribution in [1.82, 2.24) is 4.31 Å². The maximum atomic E-state index is 12.5. The van der Waals surface area contributed by atoms with Gasteiger partial charge in [-0.1, -0.05) is 11.6 Å². The molecule has 144 valence electrons. The number of methoxy groups -OCH3 is 1. The van der Waals surface area contributed by atoms with E-state index in [0.717, 1.165) is 10.4 Å². The van der Waals surface area contributed by atoms with Gasteiger partial charge in [0.1, 0.15) is 16.2 Å². The number of sulfonamides is 1. The van der Waals surface area contributed by atoms with Crippen LogP contribution in [-0.2, 0) is 10.0 Å². The van der Waals surface area contributed by atoms with Gasteiger partial charge < -0.3 is 10.1 Å². The Kier molecular flexibility index (Phi) is 6.04. The van der Waals surface area contributed by atoms with Crippen molar-refractivity contribution in [2.45, 2.75) is 4.90 Å². The molecular formula is C16H16ClN3O6S. The first-order valence-electron chi connectivity index (χ1n) is 7.43. The molecule has 0 aliphatic heterocycles. The first-order chi connectivity index (χ1) is 12.6. The molecular weight excluding hydrogens is 398 g/mol. The number of hydrogen-bond donors (Lipinski definition) is 1. The number of nitro groups is 1. The Morgan fingerprint density at radius 1 is 1.22 bits per heavy atom. The van der Waals surface area contributed by atoms with E-state index in [4.69, 9.17) is 16.3 Å². The second-order valence-corrected chi connectivity index (χ2v) is 8.08. The van der Waals surface area contributed by atoms with Crippen LogP contribution in [-0.4, -0.2) is 44.8 Å². The maximum Gasteiger partial charge on any atom is 0.283 e. The second kappa shape index (κ2) is 7.91. The van der Waals surface area contributed by atoms with Crippen LogP contribution in [0, 0.1) is 10.1 Å². The summed E-state index contributed by atoms with van der Waals surface area (Å²) in [7, 11) is 0.197. The topological polar surface area (TPSA) is 119 Å². The van der Waals surface area contributed by atoms with Crippen LogP contribution >= 0.6 is 11.6 Å². The molecule has 0 unspecified atom stereocenters. The minimum atomic E-state index is -3.84. The Bertz CT molecular complexity index is 1010. The lowest BCUT2D eigenvalue weighted by atomic mass is 10.1. The number of nitrogens with zero attached hydrogens (tertiary/aromatic N) is 2. The number of halogens is 1. The Balaban J connectivity index is 2.45. The van der Waals surface area contributed by atoms with Crippen LogP contribution in [0.3, 0.4) is 0 Å². The van der Waals surface area contributed by atoms with Crippen molar-refractivity contribution >= 4 is 38.9 Å². The molecule has 0 aliphatic carbocycles. The van der Waals surface area contributed by atoms with E-state index in [9.17, 15) is 23.3 Å². The van der Waals surface area contributed by atoms with E-state index in [1.165, 1.54) is 51.5 Å². The van der Waals surface area contributed by atoms with Crippen LogP contribution < -0.4 is 10.1 Å². The summed E-state index contributed by atoms with van der Waals surface area (Å²) in [6.07, 6.45) is 0. The minimum Gasteiger partial charge on any atom is -0.495 e. The number of rotatable bonds is 6. The standard InChI is InChI=1S/C16H16ClN3O6S/c1-19(2)27(24,25)15-9-11(5-7-14(15)26-3)18-16(21)12-6-4-10(17)8-13(12)20(22)23/h4-9H,1-3H3,(H,18,21). The van der Waals surface area contributed by atoms with Crippen LogP contribution in [0.4, 0.5) is 11.4 Å². The Hall–Kier alpha value is -2.69. The number of ether oxygens (including phenoxy) is 1. The van der Waals surface area contributed by atoms with Gasteiger partial charge in [0.25, 0.3) is 11.6 Å². The summed E-state index contributed by atoms with van der Waals surface area (Å²) in [5, 5.41) is 13.7. The van der Waals surface area contributed by atoms with Gasteiger partial charge in [-0.05, 0) is 30.3 Å². The van der Waals surface area contributed by atoms with E-state index < -0.39 is 26.5 Å². The van der Waals surface area contributed by atoms with Gasteiger partial charge in [0.05, 0.1) is 12.0 Å². The van der Waals surface area contributed by atoms with Gasteiger partial charge in [-0.3, -0.25) is 14.9 Å². The predicted molar refractivity (Wildman–Crippen MR) is 99.9 cm³/mol. The molecule has 0 saturated carbocycles. The van der Waals surface area contributed by atoms with Gasteiger partial charge in [-0.15, -0.1) is 0 Å². The van der Waals surface area contributed by atoms with Gasteiger partial charge in [0.15, 0.2) is 0 Å². The van der Waals surface area contributed by atoms with Crippen LogP contribution in [0.1, 0.15) is 10.4 Å². The van der Waals surface area contributed by atoms with Crippen molar-refractivity contribution < 1.29 is 22.9 Å². The number of anilines is 1. The predicted octanol–water partition coefficient (Wildman–Crippen LogP) is 2.76. The van der Waals surface area contributed by atoms with Crippen molar-refractivity contribution in [1.29, 1.82) is 0 Å². The molecule has 0 saturated heterocycles. The quantitative estimate of drug-likeness (QED) is 0.574. The number of amides is 1. The lowest BCUT2D eigenvalue weighted by molar-refractivity contribution is -0.385. The third-order valence-electron chi connectivity index (χ3n) is 3.58. The molecule has 1 amide bonds. The minimum absolute atomic E-state index is 0.0965. The van der Waals surface area contributed by atoms with Crippen LogP contribution in [0.2, 0.25) is 5.02 Å². The highest BCUT2D eigenvalue weighted by molar-refractivity contribution is 7.89. The lowest BCUT2D eigenvalue weighted by Crippen LogP contribution is -2.23. The third kappa shape index (κ3) is 4.35. The molecule has 0 spiro atoms. The summed E-state index contributed by atoms with van der Waals surface area (Å²) in [5.74, 6) is -0.684. The summed E-state index contributed by atoms with van der Waals surface area (Å²) in [5.41, 5.74) is -0.544. The fourth-order valence-corrected chi connectivity index (χ4v) is 3.44. The van der Waals surface area contributed by atoms with Crippen LogP contribution in [0.5, 0.6) is 5.75 Å². The summed E-state index contributed by atoms with van der Waals surface area (Å²) < 4.78 is 30.9. The first kappa shape index (κ1) is 20.6. The molecule has 0 atom stereocenters. The highest BCUT2D eigenvalue weighted by Gasteiger charge is 2.24. The van der Waals surface area contributed by atoms with Crippen LogP contribution in [0.25, 0.3) is 0 Å². The van der Waals surface area contributed by atoms with Crippen LogP contribution in [0.15, 0.2) is 41.3 Å². The average molecular weight is 414 g/mol. The number of benzene rings is 2. The van der Waals surface area contributed by atoms with Crippen molar-refractivity contribution in [3.8, 4) is 5.75 Å². The monoisotopic (exact) mass is 413 g/mol. The zero-order valence-corrected chi connectivity index (χ0v) is 16.2. The van der Waals surface area contributed by atoms with E-state index >= 15 is 0 Å².